The third-order valence-electron chi connectivity index (χ3n) is 7.56. The molecule has 9 heteroatoms. The normalized spacial score (nSPS) is 12.3. The minimum absolute atomic E-state index is 0.0633. The molecule has 44 heavy (non-hydrogen) atoms. The molecule has 1 heterocycles. The first-order valence-electron chi connectivity index (χ1n) is 14.1. The van der Waals surface area contributed by atoms with Gasteiger partial charge in [-0.05, 0) is 73.7 Å². The summed E-state index contributed by atoms with van der Waals surface area (Å²) in [5.41, 5.74) is 3.58. The first-order chi connectivity index (χ1) is 21.2. The van der Waals surface area contributed by atoms with Gasteiger partial charge in [-0.15, -0.1) is 0 Å². The summed E-state index contributed by atoms with van der Waals surface area (Å²) in [7, 11) is -4.15. The van der Waals surface area contributed by atoms with E-state index in [0.717, 1.165) is 31.7 Å². The summed E-state index contributed by atoms with van der Waals surface area (Å²) < 4.78 is 44.7. The molecule has 0 bridgehead atoms. The SMILES string of the molecule is Cc1ccc(S(=O)(=O)N(C[C@@H](O)Cn2c3ccccc3c3ccccc32)c2cccc(C(=O)Nc3ccc(F)cc3)c2)cc1. The lowest BCUT2D eigenvalue weighted by Crippen LogP contribution is -2.39. The van der Waals surface area contributed by atoms with E-state index < -0.39 is 27.9 Å². The lowest BCUT2D eigenvalue weighted by atomic mass is 10.1. The summed E-state index contributed by atoms with van der Waals surface area (Å²) >= 11 is 0. The zero-order valence-corrected chi connectivity index (χ0v) is 24.7. The number of aliphatic hydroxyl groups is 1. The van der Waals surface area contributed by atoms with Crippen LogP contribution in [0.5, 0.6) is 0 Å². The van der Waals surface area contributed by atoms with Crippen LogP contribution in [0, 0.1) is 12.7 Å². The first-order valence-corrected chi connectivity index (χ1v) is 15.5. The van der Waals surface area contributed by atoms with Crippen molar-refractivity contribution in [2.45, 2.75) is 24.5 Å². The van der Waals surface area contributed by atoms with Gasteiger partial charge in [0.25, 0.3) is 15.9 Å². The number of fused-ring (bicyclic) bond motifs is 3. The van der Waals surface area contributed by atoms with Crippen LogP contribution in [0.1, 0.15) is 15.9 Å². The average molecular weight is 608 g/mol. The Balaban J connectivity index is 1.35. The van der Waals surface area contributed by atoms with Crippen LogP contribution in [0.3, 0.4) is 0 Å². The second kappa shape index (κ2) is 11.9. The molecule has 0 saturated carbocycles. The smallest absolute Gasteiger partial charge is 0.264 e. The molecule has 0 radical (unpaired) electrons. The fourth-order valence-electron chi connectivity index (χ4n) is 5.38. The van der Waals surface area contributed by atoms with Crippen LogP contribution in [-0.4, -0.2) is 36.6 Å². The molecule has 1 atom stereocenters. The molecule has 7 nitrogen and oxygen atoms in total. The molecule has 0 aliphatic heterocycles. The highest BCUT2D eigenvalue weighted by Gasteiger charge is 2.28. The van der Waals surface area contributed by atoms with E-state index >= 15 is 0 Å². The number of aromatic nitrogens is 1. The van der Waals surface area contributed by atoms with Crippen molar-refractivity contribution in [2.24, 2.45) is 0 Å². The first kappa shape index (κ1) is 29.1. The molecular weight excluding hydrogens is 577 g/mol. The van der Waals surface area contributed by atoms with Crippen molar-refractivity contribution in [1.29, 1.82) is 0 Å². The summed E-state index contributed by atoms with van der Waals surface area (Å²) in [6.45, 7) is 1.74. The van der Waals surface area contributed by atoms with Crippen LogP contribution in [0.15, 0.2) is 126 Å². The Hall–Kier alpha value is -4.99. The van der Waals surface area contributed by atoms with Crippen LogP contribution < -0.4 is 9.62 Å². The minimum Gasteiger partial charge on any atom is -0.389 e. The maximum atomic E-state index is 14.1. The number of rotatable bonds is 9. The number of nitrogens with zero attached hydrogens (tertiary/aromatic N) is 2. The number of carbonyl (C=O) groups is 1. The Kier molecular flexibility index (Phi) is 7.90. The second-order valence-corrected chi connectivity index (χ2v) is 12.5. The average Bonchev–Trinajstić information content (AvgIpc) is 3.34. The highest BCUT2D eigenvalue weighted by Crippen LogP contribution is 2.30. The third-order valence-corrected chi connectivity index (χ3v) is 9.37. The molecule has 0 saturated heterocycles. The van der Waals surface area contributed by atoms with Gasteiger partial charge >= 0.3 is 0 Å². The molecule has 0 unspecified atom stereocenters. The number of hydrogen-bond acceptors (Lipinski definition) is 4. The quantitative estimate of drug-likeness (QED) is 0.190. The Labute approximate surface area is 254 Å². The van der Waals surface area contributed by atoms with Gasteiger partial charge in [-0.1, -0.05) is 60.2 Å². The highest BCUT2D eigenvalue weighted by atomic mass is 32.2. The number of sulfonamides is 1. The Morgan fingerprint density at radius 2 is 1.45 bits per heavy atom. The topological polar surface area (TPSA) is 91.6 Å². The number of amides is 1. The number of aryl methyl sites for hydroxylation is 1. The molecule has 222 valence electrons. The van der Waals surface area contributed by atoms with Crippen molar-refractivity contribution < 1.29 is 22.7 Å². The number of anilines is 2. The number of carbonyl (C=O) groups excluding carboxylic acids is 1. The Morgan fingerprint density at radius 1 is 0.841 bits per heavy atom. The van der Waals surface area contributed by atoms with Crippen LogP contribution in [0.2, 0.25) is 0 Å². The van der Waals surface area contributed by atoms with Gasteiger partial charge < -0.3 is 15.0 Å². The monoisotopic (exact) mass is 607 g/mol. The van der Waals surface area contributed by atoms with E-state index in [9.17, 15) is 22.7 Å². The lowest BCUT2D eigenvalue weighted by molar-refractivity contribution is 0.102. The molecule has 1 aromatic heterocycles. The molecule has 0 aliphatic carbocycles. The van der Waals surface area contributed by atoms with Crippen molar-refractivity contribution in [3.63, 3.8) is 0 Å². The van der Waals surface area contributed by atoms with Gasteiger partial charge in [0.05, 0.1) is 29.8 Å². The molecule has 6 rings (SSSR count). The van der Waals surface area contributed by atoms with Crippen LogP contribution in [-0.2, 0) is 16.6 Å². The van der Waals surface area contributed by atoms with Gasteiger partial charge in [-0.25, -0.2) is 12.8 Å². The van der Waals surface area contributed by atoms with E-state index in [1.807, 2.05) is 60.0 Å². The summed E-state index contributed by atoms with van der Waals surface area (Å²) in [4.78, 5) is 13.2. The van der Waals surface area contributed by atoms with Crippen molar-refractivity contribution in [2.75, 3.05) is 16.2 Å². The number of benzene rings is 5. The molecule has 5 aromatic carbocycles. The Bertz CT molecular complexity index is 2020. The summed E-state index contributed by atoms with van der Waals surface area (Å²) in [6, 6.07) is 33.9. The van der Waals surface area contributed by atoms with E-state index in [1.54, 1.807) is 30.3 Å². The van der Waals surface area contributed by atoms with Gasteiger partial charge in [0.2, 0.25) is 0 Å². The van der Waals surface area contributed by atoms with Crippen molar-refractivity contribution in [3.05, 3.63) is 138 Å². The fourth-order valence-corrected chi connectivity index (χ4v) is 6.87. The number of halogens is 1. The van der Waals surface area contributed by atoms with E-state index in [-0.39, 0.29) is 29.2 Å². The third kappa shape index (κ3) is 5.79. The predicted octanol–water partition coefficient (Wildman–Crippen LogP) is 6.75. The van der Waals surface area contributed by atoms with Crippen LogP contribution >= 0.6 is 0 Å². The van der Waals surface area contributed by atoms with Crippen molar-refractivity contribution in [1.82, 2.24) is 4.57 Å². The number of nitrogens with one attached hydrogen (secondary N) is 1. The molecule has 0 fully saturated rings. The highest BCUT2D eigenvalue weighted by molar-refractivity contribution is 7.92. The van der Waals surface area contributed by atoms with Gasteiger partial charge in [0, 0.05) is 33.1 Å². The Morgan fingerprint density at radius 3 is 2.09 bits per heavy atom. The van der Waals surface area contributed by atoms with Crippen LogP contribution in [0.25, 0.3) is 21.8 Å². The number of hydrogen-bond donors (Lipinski definition) is 2. The zero-order chi connectivity index (χ0) is 30.8. The molecule has 0 aliphatic rings. The lowest BCUT2D eigenvalue weighted by Gasteiger charge is -2.28. The molecule has 6 aromatic rings. The van der Waals surface area contributed by atoms with E-state index in [4.69, 9.17) is 0 Å². The van der Waals surface area contributed by atoms with E-state index in [1.165, 1.54) is 42.5 Å². The summed E-state index contributed by atoms with van der Waals surface area (Å²) in [5, 5.41) is 16.3. The predicted molar refractivity (Wildman–Crippen MR) is 172 cm³/mol. The number of para-hydroxylation sites is 2. The maximum Gasteiger partial charge on any atom is 0.264 e. The van der Waals surface area contributed by atoms with Gasteiger partial charge in [-0.2, -0.15) is 0 Å². The zero-order valence-electron chi connectivity index (χ0n) is 23.9. The second-order valence-electron chi connectivity index (χ2n) is 10.7. The summed E-state index contributed by atoms with van der Waals surface area (Å²) in [5.74, 6) is -0.918. The fraction of sp³-hybridized carbons (Fsp3) is 0.114. The molecule has 1 amide bonds. The van der Waals surface area contributed by atoms with Gasteiger partial charge in [0.1, 0.15) is 5.82 Å². The largest absolute Gasteiger partial charge is 0.389 e. The van der Waals surface area contributed by atoms with Crippen molar-refractivity contribution in [3.8, 4) is 0 Å². The minimum atomic E-state index is -4.15. The molecular formula is C35H30FN3O4S. The standard InChI is InChI=1S/C35H30FN3O4S/c1-24-13-19-30(20-14-24)44(42,43)39(28-8-6-7-25(21-28)35(41)37-27-17-15-26(36)16-18-27)23-29(40)22-38-33-11-4-2-9-31(33)32-10-3-5-12-34(32)38/h2-21,29,40H,22-23H2,1H3,(H,37,41)/t29-/m0/s1. The molecule has 2 N–H and O–H groups in total. The van der Waals surface area contributed by atoms with Crippen LogP contribution in [0.4, 0.5) is 15.8 Å². The van der Waals surface area contributed by atoms with E-state index in [0.29, 0.717) is 5.69 Å². The number of aliphatic hydroxyl groups excluding tert-OH is 1. The van der Waals surface area contributed by atoms with Gasteiger partial charge in [-0.3, -0.25) is 9.10 Å². The van der Waals surface area contributed by atoms with Gasteiger partial charge in [0.15, 0.2) is 0 Å². The van der Waals surface area contributed by atoms with Crippen molar-refractivity contribution >= 4 is 49.1 Å². The molecule has 0 spiro atoms. The summed E-state index contributed by atoms with van der Waals surface area (Å²) in [6.07, 6.45) is -1.11. The van der Waals surface area contributed by atoms with E-state index in [2.05, 4.69) is 5.32 Å². The maximum absolute atomic E-state index is 14.1.